The number of hydrogen-bond acceptors (Lipinski definition) is 8. The minimum atomic E-state index is -5.11. The van der Waals surface area contributed by atoms with Crippen LogP contribution >= 0.6 is 0 Å². The van der Waals surface area contributed by atoms with Crippen molar-refractivity contribution >= 4 is 23.4 Å². The SMILES string of the molecule is CN=C(C=C(C)N)C(=O)N1CCOC[C@H]1CNC(C)(O)c1ccc(C(=N)NC(=O)C(F)(F)F)cc1. The molecule has 1 aliphatic heterocycles. The Bertz CT molecular complexity index is 1000. The maximum absolute atomic E-state index is 12.9. The van der Waals surface area contributed by atoms with Crippen molar-refractivity contribution in [3.05, 3.63) is 47.2 Å². The molecule has 1 saturated heterocycles. The first-order valence-electron chi connectivity index (χ1n) is 10.6. The second-order valence-corrected chi connectivity index (χ2v) is 8.08. The van der Waals surface area contributed by atoms with Gasteiger partial charge >= 0.3 is 12.1 Å². The fraction of sp³-hybridized carbons (Fsp3) is 0.455. The van der Waals surface area contributed by atoms with Crippen molar-refractivity contribution in [2.24, 2.45) is 10.7 Å². The molecule has 0 aromatic heterocycles. The van der Waals surface area contributed by atoms with Gasteiger partial charge in [-0.15, -0.1) is 0 Å². The number of ether oxygens (including phenoxy) is 1. The molecule has 1 fully saturated rings. The van der Waals surface area contributed by atoms with Gasteiger partial charge in [-0.2, -0.15) is 13.2 Å². The van der Waals surface area contributed by atoms with Gasteiger partial charge in [0.25, 0.3) is 5.91 Å². The largest absolute Gasteiger partial charge is 0.471 e. The second kappa shape index (κ2) is 11.4. The third-order valence-electron chi connectivity index (χ3n) is 5.23. The Morgan fingerprint density at radius 1 is 1.34 bits per heavy atom. The van der Waals surface area contributed by atoms with Gasteiger partial charge in [0, 0.05) is 31.4 Å². The summed E-state index contributed by atoms with van der Waals surface area (Å²) in [5, 5.41) is 23.0. The molecule has 192 valence electrons. The van der Waals surface area contributed by atoms with E-state index in [0.717, 1.165) is 0 Å². The molecule has 2 amide bonds. The van der Waals surface area contributed by atoms with Crippen LogP contribution in [0.25, 0.3) is 0 Å². The van der Waals surface area contributed by atoms with Crippen LogP contribution in [0.4, 0.5) is 13.2 Å². The van der Waals surface area contributed by atoms with Gasteiger partial charge in [0.2, 0.25) is 0 Å². The molecule has 1 aromatic rings. The number of aliphatic imine (C=N–C) groups is 1. The Hall–Kier alpha value is -3.29. The van der Waals surface area contributed by atoms with Gasteiger partial charge in [-0.05, 0) is 25.5 Å². The summed E-state index contributed by atoms with van der Waals surface area (Å²) in [6.07, 6.45) is -3.63. The molecular weight excluding hydrogens is 469 g/mol. The molecule has 35 heavy (non-hydrogen) atoms. The number of aliphatic hydroxyl groups is 1. The zero-order chi connectivity index (χ0) is 26.4. The highest BCUT2D eigenvalue weighted by atomic mass is 19.4. The summed E-state index contributed by atoms with van der Waals surface area (Å²) in [4.78, 5) is 29.5. The lowest BCUT2D eigenvalue weighted by molar-refractivity contribution is -0.171. The molecule has 13 heteroatoms. The maximum atomic E-state index is 12.9. The highest BCUT2D eigenvalue weighted by Crippen LogP contribution is 2.20. The van der Waals surface area contributed by atoms with Crippen molar-refractivity contribution in [3.63, 3.8) is 0 Å². The molecule has 1 heterocycles. The number of hydrogen-bond donors (Lipinski definition) is 5. The van der Waals surface area contributed by atoms with E-state index in [1.54, 1.807) is 11.8 Å². The number of rotatable bonds is 7. The van der Waals surface area contributed by atoms with Gasteiger partial charge in [0.15, 0.2) is 0 Å². The Morgan fingerprint density at radius 3 is 2.51 bits per heavy atom. The number of morpholine rings is 1. The lowest BCUT2D eigenvalue weighted by Crippen LogP contribution is -2.56. The van der Waals surface area contributed by atoms with Crippen molar-refractivity contribution in [1.29, 1.82) is 5.41 Å². The minimum absolute atomic E-state index is 0.0224. The number of amidine groups is 1. The van der Waals surface area contributed by atoms with E-state index in [2.05, 4.69) is 10.3 Å². The van der Waals surface area contributed by atoms with Crippen LogP contribution in [0, 0.1) is 5.41 Å². The Morgan fingerprint density at radius 2 is 1.97 bits per heavy atom. The van der Waals surface area contributed by atoms with E-state index in [1.165, 1.54) is 49.6 Å². The van der Waals surface area contributed by atoms with Crippen LogP contribution in [0.5, 0.6) is 0 Å². The van der Waals surface area contributed by atoms with Gasteiger partial charge in [-0.1, -0.05) is 24.3 Å². The molecule has 2 atom stereocenters. The van der Waals surface area contributed by atoms with Gasteiger partial charge < -0.3 is 25.8 Å². The predicted molar refractivity (Wildman–Crippen MR) is 123 cm³/mol. The molecule has 1 aromatic carbocycles. The fourth-order valence-corrected chi connectivity index (χ4v) is 3.31. The number of nitrogens with one attached hydrogen (secondary N) is 3. The third-order valence-corrected chi connectivity index (χ3v) is 5.23. The fourth-order valence-electron chi connectivity index (χ4n) is 3.31. The Balaban J connectivity index is 2.08. The average Bonchev–Trinajstić information content (AvgIpc) is 2.80. The van der Waals surface area contributed by atoms with E-state index in [-0.39, 0.29) is 30.3 Å². The van der Waals surface area contributed by atoms with E-state index in [1.807, 2.05) is 0 Å². The molecule has 0 aliphatic carbocycles. The van der Waals surface area contributed by atoms with E-state index in [0.29, 0.717) is 24.4 Å². The molecule has 1 unspecified atom stereocenters. The van der Waals surface area contributed by atoms with E-state index < -0.39 is 29.7 Å². The van der Waals surface area contributed by atoms with Gasteiger partial charge in [0.05, 0.1) is 19.3 Å². The molecule has 10 nitrogen and oxygen atoms in total. The van der Waals surface area contributed by atoms with Gasteiger partial charge in [-0.25, -0.2) is 0 Å². The van der Waals surface area contributed by atoms with Crippen LogP contribution in [-0.2, 0) is 20.1 Å². The summed E-state index contributed by atoms with van der Waals surface area (Å²) < 4.78 is 42.6. The number of carbonyl (C=O) groups excluding carboxylic acids is 2. The number of halogens is 3. The number of carbonyl (C=O) groups is 2. The Labute approximate surface area is 200 Å². The van der Waals surface area contributed by atoms with Crippen LogP contribution < -0.4 is 16.4 Å². The molecule has 6 N–H and O–H groups in total. The quantitative estimate of drug-likeness (QED) is 0.211. The monoisotopic (exact) mass is 498 g/mol. The number of nitrogens with zero attached hydrogens (tertiary/aromatic N) is 2. The number of amides is 2. The number of allylic oxidation sites excluding steroid dienone is 1. The normalized spacial score (nSPS) is 19.2. The molecule has 2 rings (SSSR count). The van der Waals surface area contributed by atoms with Crippen LogP contribution in [0.1, 0.15) is 25.0 Å². The average molecular weight is 499 g/mol. The van der Waals surface area contributed by atoms with Crippen LogP contribution in [-0.4, -0.2) is 78.9 Å². The van der Waals surface area contributed by atoms with E-state index >= 15 is 0 Å². The molecule has 0 saturated carbocycles. The summed E-state index contributed by atoms with van der Waals surface area (Å²) in [5.74, 6) is -3.30. The third kappa shape index (κ3) is 7.60. The van der Waals surface area contributed by atoms with E-state index in [4.69, 9.17) is 15.9 Å². The molecular formula is C22H29F3N6O4. The first-order valence-corrected chi connectivity index (χ1v) is 10.6. The highest BCUT2D eigenvalue weighted by molar-refractivity contribution is 6.43. The highest BCUT2D eigenvalue weighted by Gasteiger charge is 2.39. The first-order chi connectivity index (χ1) is 16.3. The molecule has 0 spiro atoms. The van der Waals surface area contributed by atoms with E-state index in [9.17, 15) is 27.9 Å². The van der Waals surface area contributed by atoms with Crippen molar-refractivity contribution in [1.82, 2.24) is 15.5 Å². The summed E-state index contributed by atoms with van der Waals surface area (Å²) in [5.41, 5.74) is 5.09. The molecule has 0 bridgehead atoms. The standard InChI is InChI=1S/C22H29F3N6O4/c1-13(26)10-17(28-3)19(32)31-8-9-35-12-16(31)11-29-21(2,34)15-6-4-14(5-7-15)18(27)30-20(33)22(23,24)25/h4-7,10,16,29,34H,8-9,11-12,26H2,1-3H3,(H2,27,30,33)/t16-,21?/m1/s1. The Kier molecular flexibility index (Phi) is 9.12. The number of benzene rings is 1. The lowest BCUT2D eigenvalue weighted by Gasteiger charge is -2.37. The zero-order valence-electron chi connectivity index (χ0n) is 19.6. The summed E-state index contributed by atoms with van der Waals surface area (Å²) >= 11 is 0. The number of alkyl halides is 3. The van der Waals surface area contributed by atoms with Gasteiger partial charge in [0.1, 0.15) is 17.3 Å². The van der Waals surface area contributed by atoms with Crippen LogP contribution in [0.15, 0.2) is 41.0 Å². The summed E-state index contributed by atoms with van der Waals surface area (Å²) in [6, 6.07) is 5.00. The summed E-state index contributed by atoms with van der Waals surface area (Å²) in [6.45, 7) is 4.16. The summed E-state index contributed by atoms with van der Waals surface area (Å²) in [7, 11) is 1.49. The van der Waals surface area contributed by atoms with Crippen LogP contribution in [0.2, 0.25) is 0 Å². The lowest BCUT2D eigenvalue weighted by atomic mass is 10.0. The minimum Gasteiger partial charge on any atom is -0.402 e. The topological polar surface area (TPSA) is 153 Å². The molecule has 1 aliphatic rings. The van der Waals surface area contributed by atoms with Crippen molar-refractivity contribution in [3.8, 4) is 0 Å². The van der Waals surface area contributed by atoms with Crippen molar-refractivity contribution < 1.29 is 32.6 Å². The number of nitrogens with two attached hydrogens (primary N) is 1. The van der Waals surface area contributed by atoms with Crippen LogP contribution in [0.3, 0.4) is 0 Å². The maximum Gasteiger partial charge on any atom is 0.471 e. The smallest absolute Gasteiger partial charge is 0.402 e. The zero-order valence-corrected chi connectivity index (χ0v) is 19.6. The second-order valence-electron chi connectivity index (χ2n) is 8.08. The van der Waals surface area contributed by atoms with Crippen molar-refractivity contribution in [2.45, 2.75) is 31.8 Å². The van der Waals surface area contributed by atoms with Gasteiger partial charge in [-0.3, -0.25) is 25.3 Å². The first kappa shape index (κ1) is 28.0. The predicted octanol–water partition coefficient (Wildman–Crippen LogP) is 0.606. The van der Waals surface area contributed by atoms with Crippen molar-refractivity contribution in [2.75, 3.05) is 33.4 Å². The molecule has 0 radical (unpaired) electrons.